The minimum atomic E-state index is -3.77. The lowest BCUT2D eigenvalue weighted by atomic mass is 10.2. The highest BCUT2D eigenvalue weighted by molar-refractivity contribution is 7.89. The predicted molar refractivity (Wildman–Crippen MR) is 119 cm³/mol. The van der Waals surface area contributed by atoms with Crippen LogP contribution in [0.2, 0.25) is 0 Å². The number of nitrogens with zero attached hydrogens (tertiary/aromatic N) is 3. The molecule has 0 bridgehead atoms. The van der Waals surface area contributed by atoms with Crippen molar-refractivity contribution in [3.63, 3.8) is 0 Å². The van der Waals surface area contributed by atoms with Gasteiger partial charge in [-0.15, -0.1) is 0 Å². The first-order chi connectivity index (χ1) is 14.6. The van der Waals surface area contributed by atoms with Gasteiger partial charge in [0.1, 0.15) is 4.90 Å². The number of benzene rings is 2. The number of sulfonamides is 1. The average molecular weight is 423 g/mol. The van der Waals surface area contributed by atoms with Crippen molar-refractivity contribution in [2.75, 3.05) is 31.1 Å². The number of hydrogen-bond acceptors (Lipinski definition) is 5. The Morgan fingerprint density at radius 1 is 0.867 bits per heavy atom. The van der Waals surface area contributed by atoms with Crippen LogP contribution < -0.4 is 10.2 Å². The minimum Gasteiger partial charge on any atom is -0.368 e. The summed E-state index contributed by atoms with van der Waals surface area (Å²) in [5, 5.41) is 3.31. The molecule has 0 radical (unpaired) electrons. The number of piperazine rings is 1. The fourth-order valence-corrected chi connectivity index (χ4v) is 5.25. The Morgan fingerprint density at radius 3 is 2.00 bits per heavy atom. The van der Waals surface area contributed by atoms with E-state index >= 15 is 0 Å². The third-order valence-electron chi connectivity index (χ3n) is 5.24. The Hall–Kier alpha value is -2.74. The van der Waals surface area contributed by atoms with E-state index in [-0.39, 0.29) is 4.90 Å². The van der Waals surface area contributed by atoms with Crippen molar-refractivity contribution in [2.45, 2.75) is 18.0 Å². The third kappa shape index (κ3) is 4.70. The van der Waals surface area contributed by atoms with Crippen LogP contribution in [-0.4, -0.2) is 43.9 Å². The monoisotopic (exact) mass is 422 g/mol. The predicted octanol–water partition coefficient (Wildman–Crippen LogP) is 2.88. The molecule has 2 aromatic carbocycles. The summed E-state index contributed by atoms with van der Waals surface area (Å²) in [5.74, 6) is 0. The molecule has 0 atom stereocenters. The van der Waals surface area contributed by atoms with E-state index in [0.29, 0.717) is 13.1 Å². The topological polar surface area (TPSA) is 65.5 Å². The zero-order chi connectivity index (χ0) is 20.8. The van der Waals surface area contributed by atoms with E-state index in [1.807, 2.05) is 60.7 Å². The van der Waals surface area contributed by atoms with Crippen LogP contribution in [0.25, 0.3) is 0 Å². The van der Waals surface area contributed by atoms with Gasteiger partial charge in [0.25, 0.3) is 0 Å². The smallest absolute Gasteiger partial charge is 0.247 e. The molecule has 0 saturated carbocycles. The van der Waals surface area contributed by atoms with Gasteiger partial charge in [-0.05, 0) is 17.2 Å². The Kier molecular flexibility index (Phi) is 6.42. The second-order valence-corrected chi connectivity index (χ2v) is 9.23. The zero-order valence-corrected chi connectivity index (χ0v) is 17.6. The number of nitrogens with one attached hydrogen (secondary N) is 1. The molecule has 1 aliphatic heterocycles. The largest absolute Gasteiger partial charge is 0.368 e. The van der Waals surface area contributed by atoms with Crippen LogP contribution >= 0.6 is 0 Å². The summed E-state index contributed by atoms with van der Waals surface area (Å²) in [7, 11) is -3.77. The molecule has 0 amide bonds. The van der Waals surface area contributed by atoms with Gasteiger partial charge < -0.3 is 10.2 Å². The highest BCUT2D eigenvalue weighted by Gasteiger charge is 2.30. The van der Waals surface area contributed by atoms with Crippen LogP contribution in [0, 0.1) is 0 Å². The Morgan fingerprint density at radius 2 is 1.43 bits per heavy atom. The van der Waals surface area contributed by atoms with E-state index < -0.39 is 10.0 Å². The fraction of sp³-hybridized carbons (Fsp3) is 0.261. The summed E-state index contributed by atoms with van der Waals surface area (Å²) in [4.78, 5) is 6.54. The fourth-order valence-electron chi connectivity index (χ4n) is 3.68. The van der Waals surface area contributed by atoms with E-state index in [4.69, 9.17) is 0 Å². The molecule has 6 nitrogen and oxygen atoms in total. The van der Waals surface area contributed by atoms with Crippen molar-refractivity contribution in [1.82, 2.24) is 14.6 Å². The summed E-state index contributed by atoms with van der Waals surface area (Å²) in [6.07, 6.45) is 3.14. The Balaban J connectivity index is 1.72. The molecule has 1 aliphatic rings. The first-order valence-corrected chi connectivity index (χ1v) is 11.6. The maximum absolute atomic E-state index is 13.8. The lowest BCUT2D eigenvalue weighted by Crippen LogP contribution is -2.44. The third-order valence-corrected chi connectivity index (χ3v) is 7.05. The van der Waals surface area contributed by atoms with Crippen LogP contribution in [0.15, 0.2) is 84.0 Å². The maximum Gasteiger partial charge on any atom is 0.247 e. The molecule has 7 heteroatoms. The van der Waals surface area contributed by atoms with Crippen molar-refractivity contribution in [3.05, 3.63) is 90.3 Å². The maximum atomic E-state index is 13.8. The van der Waals surface area contributed by atoms with Gasteiger partial charge in [0.15, 0.2) is 0 Å². The number of anilines is 1. The Bertz CT molecular complexity index is 1010. The number of aromatic nitrogens is 1. The van der Waals surface area contributed by atoms with Crippen LogP contribution in [-0.2, 0) is 23.1 Å². The summed E-state index contributed by atoms with van der Waals surface area (Å²) < 4.78 is 29.2. The molecule has 2 heterocycles. The molecular weight excluding hydrogens is 396 g/mol. The molecular formula is C23H26N4O2S. The molecule has 1 fully saturated rings. The standard InChI is InChI=1S/C23H26N4O2S/c28-30(29,23-17-25-12-11-22(23)26-15-13-24-14-16-26)27(18-20-7-3-1-4-8-20)19-21-9-5-2-6-10-21/h1-12,17,24H,13-16,18-19H2. The second kappa shape index (κ2) is 9.38. The quantitative estimate of drug-likeness (QED) is 0.634. The van der Waals surface area contributed by atoms with Crippen molar-refractivity contribution < 1.29 is 8.42 Å². The summed E-state index contributed by atoms with van der Waals surface area (Å²) in [6, 6.07) is 21.2. The second-order valence-electron chi connectivity index (χ2n) is 7.32. The molecule has 0 unspecified atom stereocenters. The van der Waals surface area contributed by atoms with Crippen LogP contribution in [0.4, 0.5) is 5.69 Å². The van der Waals surface area contributed by atoms with E-state index in [0.717, 1.165) is 43.0 Å². The van der Waals surface area contributed by atoms with Gasteiger partial charge in [-0.2, -0.15) is 4.31 Å². The lowest BCUT2D eigenvalue weighted by molar-refractivity contribution is 0.401. The van der Waals surface area contributed by atoms with Crippen LogP contribution in [0.1, 0.15) is 11.1 Å². The van der Waals surface area contributed by atoms with Gasteiger partial charge in [0.2, 0.25) is 10.0 Å². The molecule has 1 aromatic heterocycles. The van der Waals surface area contributed by atoms with E-state index in [1.54, 1.807) is 16.6 Å². The van der Waals surface area contributed by atoms with Crippen molar-refractivity contribution in [3.8, 4) is 0 Å². The summed E-state index contributed by atoms with van der Waals surface area (Å²) in [5.41, 5.74) is 2.62. The van der Waals surface area contributed by atoms with Crippen molar-refractivity contribution in [1.29, 1.82) is 0 Å². The molecule has 4 rings (SSSR count). The van der Waals surface area contributed by atoms with Gasteiger partial charge in [0, 0.05) is 51.7 Å². The molecule has 1 N–H and O–H groups in total. The molecule has 3 aromatic rings. The zero-order valence-electron chi connectivity index (χ0n) is 16.8. The van der Waals surface area contributed by atoms with Crippen molar-refractivity contribution >= 4 is 15.7 Å². The number of hydrogen-bond donors (Lipinski definition) is 1. The number of pyridine rings is 1. The minimum absolute atomic E-state index is 0.263. The SMILES string of the molecule is O=S(=O)(c1cnccc1N1CCNCC1)N(Cc1ccccc1)Cc1ccccc1. The normalized spacial score (nSPS) is 14.8. The molecule has 156 valence electrons. The molecule has 0 spiro atoms. The average Bonchev–Trinajstić information content (AvgIpc) is 2.80. The first kappa shape index (κ1) is 20.5. The van der Waals surface area contributed by atoms with E-state index in [2.05, 4.69) is 15.2 Å². The van der Waals surface area contributed by atoms with Crippen LogP contribution in [0.5, 0.6) is 0 Å². The van der Waals surface area contributed by atoms with Gasteiger partial charge in [-0.25, -0.2) is 8.42 Å². The Labute approximate surface area is 178 Å². The first-order valence-electron chi connectivity index (χ1n) is 10.1. The van der Waals surface area contributed by atoms with Gasteiger partial charge >= 0.3 is 0 Å². The molecule has 30 heavy (non-hydrogen) atoms. The number of rotatable bonds is 7. The van der Waals surface area contributed by atoms with Gasteiger partial charge in [-0.1, -0.05) is 60.7 Å². The molecule has 0 aliphatic carbocycles. The highest BCUT2D eigenvalue weighted by atomic mass is 32.2. The van der Waals surface area contributed by atoms with Gasteiger partial charge in [0.05, 0.1) is 5.69 Å². The van der Waals surface area contributed by atoms with Gasteiger partial charge in [-0.3, -0.25) is 4.98 Å². The molecule has 1 saturated heterocycles. The van der Waals surface area contributed by atoms with Crippen molar-refractivity contribution in [2.24, 2.45) is 0 Å². The highest BCUT2D eigenvalue weighted by Crippen LogP contribution is 2.29. The lowest BCUT2D eigenvalue weighted by Gasteiger charge is -2.32. The van der Waals surface area contributed by atoms with E-state index in [1.165, 1.54) is 6.20 Å². The van der Waals surface area contributed by atoms with Crippen LogP contribution in [0.3, 0.4) is 0 Å². The van der Waals surface area contributed by atoms with E-state index in [9.17, 15) is 8.42 Å². The summed E-state index contributed by atoms with van der Waals surface area (Å²) in [6.45, 7) is 3.80. The summed E-state index contributed by atoms with van der Waals surface area (Å²) >= 11 is 0.